The first-order valence-electron chi connectivity index (χ1n) is 12.3. The summed E-state index contributed by atoms with van der Waals surface area (Å²) in [6.07, 6.45) is 3.66. The fraction of sp³-hybridized carbons (Fsp3) is 0.462. The molecule has 0 saturated carbocycles. The SMILES string of the molecule is Cc1c(-c2[nH]c3ccc(N4C[C@@H](C)N(CC(N)=O)[C@@H](C)C4)nc3c2C(C)C)cn2ncnc2c1C. The zero-order valence-electron chi connectivity index (χ0n) is 21.3. The number of nitrogens with two attached hydrogens (primary N) is 1. The molecule has 3 N–H and O–H groups in total. The highest BCUT2D eigenvalue weighted by Gasteiger charge is 2.31. The fourth-order valence-electron chi connectivity index (χ4n) is 5.52. The second-order valence-corrected chi connectivity index (χ2v) is 10.2. The molecule has 1 fully saturated rings. The van der Waals surface area contributed by atoms with E-state index in [2.05, 4.69) is 84.7 Å². The lowest BCUT2D eigenvalue weighted by Gasteiger charge is -2.44. The Morgan fingerprint density at radius 2 is 1.89 bits per heavy atom. The van der Waals surface area contributed by atoms with E-state index >= 15 is 0 Å². The largest absolute Gasteiger partial charge is 0.369 e. The van der Waals surface area contributed by atoms with Crippen LogP contribution in [0.25, 0.3) is 27.9 Å². The highest BCUT2D eigenvalue weighted by Crippen LogP contribution is 2.38. The minimum absolute atomic E-state index is 0.204. The number of carbonyl (C=O) groups excluding carboxylic acids is 1. The van der Waals surface area contributed by atoms with Gasteiger partial charge in [0.25, 0.3) is 0 Å². The summed E-state index contributed by atoms with van der Waals surface area (Å²) in [6, 6.07) is 4.63. The van der Waals surface area contributed by atoms with Crippen molar-refractivity contribution in [2.75, 3.05) is 24.5 Å². The summed E-state index contributed by atoms with van der Waals surface area (Å²) < 4.78 is 1.85. The fourth-order valence-corrected chi connectivity index (χ4v) is 5.52. The van der Waals surface area contributed by atoms with Crippen LogP contribution in [0.15, 0.2) is 24.7 Å². The van der Waals surface area contributed by atoms with Crippen LogP contribution in [0.5, 0.6) is 0 Å². The van der Waals surface area contributed by atoms with E-state index < -0.39 is 0 Å². The molecule has 35 heavy (non-hydrogen) atoms. The lowest BCUT2D eigenvalue weighted by atomic mass is 9.95. The molecule has 0 unspecified atom stereocenters. The molecule has 1 saturated heterocycles. The van der Waals surface area contributed by atoms with E-state index in [1.165, 1.54) is 11.1 Å². The summed E-state index contributed by atoms with van der Waals surface area (Å²) in [7, 11) is 0. The number of pyridine rings is 2. The maximum atomic E-state index is 11.5. The summed E-state index contributed by atoms with van der Waals surface area (Å²) >= 11 is 0. The number of rotatable bonds is 5. The number of primary amides is 1. The van der Waals surface area contributed by atoms with E-state index in [1.807, 2.05) is 4.52 Å². The van der Waals surface area contributed by atoms with Gasteiger partial charge in [0.1, 0.15) is 12.1 Å². The van der Waals surface area contributed by atoms with E-state index in [9.17, 15) is 4.79 Å². The number of hydrogen-bond acceptors (Lipinski definition) is 6. The molecule has 5 heterocycles. The second kappa shape index (κ2) is 8.64. The standard InChI is InChI=1S/C26H34N8O/c1-14(2)23-24(19-11-34-26(28-13-29-34)18(6)17(19)5)30-20-7-8-22(31-25(20)23)32-9-15(3)33(12-21(27)35)16(4)10-32/h7-8,11,13-16,30H,9-10,12H2,1-6H3,(H2,27,35)/t15-,16+. The van der Waals surface area contributed by atoms with Crippen LogP contribution in [0.2, 0.25) is 0 Å². The van der Waals surface area contributed by atoms with Gasteiger partial charge in [0.05, 0.1) is 23.3 Å². The Morgan fingerprint density at radius 3 is 2.54 bits per heavy atom. The molecule has 1 amide bonds. The van der Waals surface area contributed by atoms with Gasteiger partial charge in [-0.15, -0.1) is 0 Å². The molecule has 0 bridgehead atoms. The maximum Gasteiger partial charge on any atom is 0.231 e. The number of H-pyrrole nitrogens is 1. The van der Waals surface area contributed by atoms with Crippen LogP contribution in [0.4, 0.5) is 5.82 Å². The number of nitrogens with one attached hydrogen (secondary N) is 1. The van der Waals surface area contributed by atoms with Crippen LogP contribution in [-0.2, 0) is 4.79 Å². The average Bonchev–Trinajstić information content (AvgIpc) is 3.42. The lowest BCUT2D eigenvalue weighted by Crippen LogP contribution is -2.58. The van der Waals surface area contributed by atoms with Crippen molar-refractivity contribution in [2.45, 2.75) is 59.5 Å². The first kappa shape index (κ1) is 23.3. The van der Waals surface area contributed by atoms with Crippen molar-refractivity contribution in [3.63, 3.8) is 0 Å². The van der Waals surface area contributed by atoms with Crippen LogP contribution in [0, 0.1) is 13.8 Å². The van der Waals surface area contributed by atoms with Crippen LogP contribution >= 0.6 is 0 Å². The number of nitrogens with zero attached hydrogens (tertiary/aromatic N) is 6. The summed E-state index contributed by atoms with van der Waals surface area (Å²) in [5.74, 6) is 0.952. The second-order valence-electron chi connectivity index (χ2n) is 10.2. The minimum atomic E-state index is -0.285. The van der Waals surface area contributed by atoms with Crippen LogP contribution < -0.4 is 10.6 Å². The first-order chi connectivity index (χ1) is 16.7. The van der Waals surface area contributed by atoms with E-state index in [0.29, 0.717) is 0 Å². The topological polar surface area (TPSA) is 108 Å². The van der Waals surface area contributed by atoms with Gasteiger partial charge in [0.2, 0.25) is 5.91 Å². The highest BCUT2D eigenvalue weighted by molar-refractivity contribution is 5.90. The van der Waals surface area contributed by atoms with E-state index in [1.54, 1.807) is 6.33 Å². The number of fused-ring (bicyclic) bond motifs is 2. The van der Waals surface area contributed by atoms with Crippen molar-refractivity contribution < 1.29 is 4.79 Å². The van der Waals surface area contributed by atoms with Crippen LogP contribution in [0.3, 0.4) is 0 Å². The lowest BCUT2D eigenvalue weighted by molar-refractivity contribution is -0.120. The number of piperazine rings is 1. The molecule has 0 aromatic carbocycles. The van der Waals surface area contributed by atoms with Crippen molar-refractivity contribution in [3.8, 4) is 11.3 Å². The molecule has 0 aliphatic carbocycles. The van der Waals surface area contributed by atoms with E-state index in [-0.39, 0.29) is 30.5 Å². The number of aryl methyl sites for hydroxylation is 1. The van der Waals surface area contributed by atoms with Gasteiger partial charge >= 0.3 is 0 Å². The molecule has 0 spiro atoms. The smallest absolute Gasteiger partial charge is 0.231 e. The average molecular weight is 475 g/mol. The number of aromatic amines is 1. The molecule has 0 radical (unpaired) electrons. The molecule has 1 aliphatic heterocycles. The Morgan fingerprint density at radius 1 is 1.17 bits per heavy atom. The van der Waals surface area contributed by atoms with Crippen molar-refractivity contribution in [1.29, 1.82) is 0 Å². The van der Waals surface area contributed by atoms with E-state index in [0.717, 1.165) is 52.4 Å². The van der Waals surface area contributed by atoms with Crippen molar-refractivity contribution in [3.05, 3.63) is 41.3 Å². The molecule has 4 aromatic rings. The predicted octanol–water partition coefficient (Wildman–Crippen LogP) is 3.40. The van der Waals surface area contributed by atoms with Crippen molar-refractivity contribution >= 4 is 28.4 Å². The van der Waals surface area contributed by atoms with Gasteiger partial charge in [0.15, 0.2) is 5.65 Å². The Hall–Kier alpha value is -3.46. The third-order valence-electron chi connectivity index (χ3n) is 7.40. The molecular formula is C26H34N8O. The van der Waals surface area contributed by atoms with Gasteiger partial charge < -0.3 is 15.6 Å². The molecule has 9 nitrogen and oxygen atoms in total. The van der Waals surface area contributed by atoms with Gasteiger partial charge in [-0.25, -0.2) is 14.5 Å². The number of hydrogen-bond donors (Lipinski definition) is 2. The molecular weight excluding hydrogens is 440 g/mol. The van der Waals surface area contributed by atoms with Crippen LogP contribution in [0.1, 0.15) is 50.3 Å². The maximum absolute atomic E-state index is 11.5. The third kappa shape index (κ3) is 3.93. The summed E-state index contributed by atoms with van der Waals surface area (Å²) in [6.45, 7) is 14.8. The minimum Gasteiger partial charge on any atom is -0.369 e. The number of anilines is 1. The zero-order chi connectivity index (χ0) is 25.0. The van der Waals surface area contributed by atoms with Gasteiger partial charge in [-0.1, -0.05) is 13.8 Å². The Kier molecular flexibility index (Phi) is 5.75. The molecule has 4 aromatic heterocycles. The molecule has 5 rings (SSSR count). The number of aromatic nitrogens is 5. The van der Waals surface area contributed by atoms with Crippen LogP contribution in [-0.4, -0.2) is 67.1 Å². The summed E-state index contributed by atoms with van der Waals surface area (Å²) in [5.41, 5.74) is 14.1. The summed E-state index contributed by atoms with van der Waals surface area (Å²) in [4.78, 5) is 29.3. The third-order valence-corrected chi connectivity index (χ3v) is 7.40. The van der Waals surface area contributed by atoms with Gasteiger partial charge in [0, 0.05) is 42.5 Å². The Labute approximate surface area is 205 Å². The molecule has 2 atom stereocenters. The molecule has 184 valence electrons. The quantitative estimate of drug-likeness (QED) is 0.459. The summed E-state index contributed by atoms with van der Waals surface area (Å²) in [5, 5.41) is 4.39. The van der Waals surface area contributed by atoms with Gasteiger partial charge in [-0.3, -0.25) is 9.69 Å². The first-order valence-corrected chi connectivity index (χ1v) is 12.3. The van der Waals surface area contributed by atoms with Crippen molar-refractivity contribution in [2.24, 2.45) is 5.73 Å². The highest BCUT2D eigenvalue weighted by atomic mass is 16.1. The molecule has 1 aliphatic rings. The number of amides is 1. The zero-order valence-corrected chi connectivity index (χ0v) is 21.3. The normalized spacial score (nSPS) is 19.3. The Bertz CT molecular complexity index is 1410. The van der Waals surface area contributed by atoms with E-state index in [4.69, 9.17) is 10.7 Å². The molecule has 9 heteroatoms. The monoisotopic (exact) mass is 474 g/mol. The van der Waals surface area contributed by atoms with Crippen molar-refractivity contribution in [1.82, 2.24) is 29.5 Å². The van der Waals surface area contributed by atoms with Gasteiger partial charge in [-0.2, -0.15) is 5.10 Å². The Balaban J connectivity index is 1.58. The number of carbonyl (C=O) groups is 1. The predicted molar refractivity (Wildman–Crippen MR) is 139 cm³/mol. The van der Waals surface area contributed by atoms with Gasteiger partial charge in [-0.05, 0) is 56.9 Å².